The van der Waals surface area contributed by atoms with Crippen LogP contribution in [0.3, 0.4) is 0 Å². The molecule has 1 fully saturated rings. The fraction of sp³-hybridized carbons (Fsp3) is 0.714. The van der Waals surface area contributed by atoms with Crippen LogP contribution in [0.2, 0.25) is 0 Å². The minimum atomic E-state index is -0.728. The maximum Gasteiger partial charge on any atom is 0.317 e. The number of carboxylic acid groups (broad SMARTS) is 1. The number of carboxylic acids is 1. The first kappa shape index (κ1) is 15.5. The van der Waals surface area contributed by atoms with Crippen molar-refractivity contribution in [1.29, 1.82) is 0 Å². The van der Waals surface area contributed by atoms with Gasteiger partial charge in [0.15, 0.2) is 0 Å². The van der Waals surface area contributed by atoms with Gasteiger partial charge in [0.25, 0.3) is 0 Å². The SMILES string of the molecule is C=CC(C)NC(=O)N1CCC(CCC)(C(=O)O)CC1. The summed E-state index contributed by atoms with van der Waals surface area (Å²) in [5.41, 5.74) is -0.643. The number of hydrogen-bond donors (Lipinski definition) is 2. The minimum absolute atomic E-state index is 0.0747. The van der Waals surface area contributed by atoms with Gasteiger partial charge in [0.05, 0.1) is 5.41 Å². The van der Waals surface area contributed by atoms with Crippen LogP contribution in [0, 0.1) is 5.41 Å². The highest BCUT2D eigenvalue weighted by Crippen LogP contribution is 2.36. The zero-order valence-electron chi connectivity index (χ0n) is 11.8. The molecule has 1 atom stereocenters. The van der Waals surface area contributed by atoms with E-state index in [4.69, 9.17) is 0 Å². The highest BCUT2D eigenvalue weighted by Gasteiger charge is 2.41. The normalized spacial score (nSPS) is 19.6. The van der Waals surface area contributed by atoms with Crippen LogP contribution >= 0.6 is 0 Å². The molecule has 5 nitrogen and oxygen atoms in total. The van der Waals surface area contributed by atoms with Gasteiger partial charge in [-0.3, -0.25) is 4.79 Å². The molecular weight excluding hydrogens is 244 g/mol. The van der Waals surface area contributed by atoms with Gasteiger partial charge in [0, 0.05) is 19.1 Å². The Morgan fingerprint density at radius 3 is 2.47 bits per heavy atom. The van der Waals surface area contributed by atoms with Crippen LogP contribution in [0.25, 0.3) is 0 Å². The molecule has 1 unspecified atom stereocenters. The molecule has 0 spiro atoms. The molecule has 0 aromatic carbocycles. The Morgan fingerprint density at radius 2 is 2.05 bits per heavy atom. The number of amides is 2. The zero-order valence-corrected chi connectivity index (χ0v) is 11.8. The Balaban J connectivity index is 2.58. The number of urea groups is 1. The minimum Gasteiger partial charge on any atom is -0.481 e. The third-order valence-corrected chi connectivity index (χ3v) is 3.89. The Bertz CT molecular complexity index is 347. The molecule has 0 saturated carbocycles. The second-order valence-electron chi connectivity index (χ2n) is 5.30. The predicted octanol–water partition coefficient (Wildman–Crippen LogP) is 2.24. The molecule has 1 aliphatic heterocycles. The second kappa shape index (κ2) is 6.59. The van der Waals surface area contributed by atoms with Crippen LogP contribution in [0.5, 0.6) is 0 Å². The molecule has 0 aromatic heterocycles. The van der Waals surface area contributed by atoms with Gasteiger partial charge < -0.3 is 15.3 Å². The quantitative estimate of drug-likeness (QED) is 0.751. The summed E-state index contributed by atoms with van der Waals surface area (Å²) in [6.07, 6.45) is 4.27. The molecule has 2 amide bonds. The van der Waals surface area contributed by atoms with Crippen molar-refractivity contribution >= 4 is 12.0 Å². The maximum absolute atomic E-state index is 11.9. The third kappa shape index (κ3) is 3.72. The first-order valence-electron chi connectivity index (χ1n) is 6.86. The topological polar surface area (TPSA) is 69.6 Å². The van der Waals surface area contributed by atoms with E-state index < -0.39 is 11.4 Å². The lowest BCUT2D eigenvalue weighted by Crippen LogP contribution is -2.50. The fourth-order valence-corrected chi connectivity index (χ4v) is 2.53. The summed E-state index contributed by atoms with van der Waals surface area (Å²) in [6, 6.07) is -0.211. The lowest BCUT2D eigenvalue weighted by molar-refractivity contribution is -0.152. The van der Waals surface area contributed by atoms with Gasteiger partial charge in [0.2, 0.25) is 0 Å². The van der Waals surface area contributed by atoms with Gasteiger partial charge in [-0.2, -0.15) is 0 Å². The molecule has 19 heavy (non-hydrogen) atoms. The molecule has 1 aliphatic rings. The summed E-state index contributed by atoms with van der Waals surface area (Å²) >= 11 is 0. The Morgan fingerprint density at radius 1 is 1.47 bits per heavy atom. The third-order valence-electron chi connectivity index (χ3n) is 3.89. The Labute approximate surface area is 114 Å². The average Bonchev–Trinajstić information content (AvgIpc) is 2.39. The van der Waals surface area contributed by atoms with Crippen molar-refractivity contribution in [1.82, 2.24) is 10.2 Å². The van der Waals surface area contributed by atoms with Gasteiger partial charge in [-0.25, -0.2) is 4.79 Å². The van der Waals surface area contributed by atoms with E-state index in [1.54, 1.807) is 11.0 Å². The highest BCUT2D eigenvalue weighted by atomic mass is 16.4. The van der Waals surface area contributed by atoms with E-state index in [0.717, 1.165) is 6.42 Å². The van der Waals surface area contributed by atoms with Crippen molar-refractivity contribution in [2.24, 2.45) is 5.41 Å². The van der Waals surface area contributed by atoms with Gasteiger partial charge in [-0.15, -0.1) is 6.58 Å². The molecule has 108 valence electrons. The molecular formula is C14H24N2O3. The van der Waals surface area contributed by atoms with Gasteiger partial charge in [-0.05, 0) is 26.2 Å². The Kier molecular flexibility index (Phi) is 5.39. The van der Waals surface area contributed by atoms with E-state index in [1.807, 2.05) is 13.8 Å². The maximum atomic E-state index is 11.9. The highest BCUT2D eigenvalue weighted by molar-refractivity contribution is 5.77. The van der Waals surface area contributed by atoms with Crippen LogP contribution in [0.1, 0.15) is 39.5 Å². The molecule has 2 N–H and O–H groups in total. The average molecular weight is 268 g/mol. The number of rotatable bonds is 5. The van der Waals surface area contributed by atoms with Crippen molar-refractivity contribution in [3.63, 3.8) is 0 Å². The summed E-state index contributed by atoms with van der Waals surface area (Å²) < 4.78 is 0. The monoisotopic (exact) mass is 268 g/mol. The second-order valence-corrected chi connectivity index (χ2v) is 5.30. The number of nitrogens with one attached hydrogen (secondary N) is 1. The van der Waals surface area contributed by atoms with Crippen LogP contribution in [0.15, 0.2) is 12.7 Å². The number of hydrogen-bond acceptors (Lipinski definition) is 2. The predicted molar refractivity (Wildman–Crippen MR) is 74.0 cm³/mol. The molecule has 0 bridgehead atoms. The van der Waals surface area contributed by atoms with Crippen molar-refractivity contribution in [3.05, 3.63) is 12.7 Å². The standard InChI is InChI=1S/C14H24N2O3/c1-4-6-14(12(17)18)7-9-16(10-8-14)13(19)15-11(3)5-2/h5,11H,2,4,6-10H2,1,3H3,(H,15,19)(H,17,18). The number of piperidine rings is 1. The van der Waals surface area contributed by atoms with E-state index >= 15 is 0 Å². The zero-order chi connectivity index (χ0) is 14.5. The van der Waals surface area contributed by atoms with Crippen molar-refractivity contribution in [2.75, 3.05) is 13.1 Å². The number of likely N-dealkylation sites (tertiary alicyclic amines) is 1. The van der Waals surface area contributed by atoms with E-state index in [2.05, 4.69) is 11.9 Å². The summed E-state index contributed by atoms with van der Waals surface area (Å²) in [5.74, 6) is -0.728. The van der Waals surface area contributed by atoms with Crippen LogP contribution in [-0.2, 0) is 4.79 Å². The largest absolute Gasteiger partial charge is 0.481 e. The van der Waals surface area contributed by atoms with Crippen LogP contribution < -0.4 is 5.32 Å². The smallest absolute Gasteiger partial charge is 0.317 e. The van der Waals surface area contributed by atoms with Crippen molar-refractivity contribution in [2.45, 2.75) is 45.6 Å². The van der Waals surface area contributed by atoms with E-state index in [9.17, 15) is 14.7 Å². The van der Waals surface area contributed by atoms with Gasteiger partial charge >= 0.3 is 12.0 Å². The van der Waals surface area contributed by atoms with E-state index in [1.165, 1.54) is 0 Å². The van der Waals surface area contributed by atoms with Crippen LogP contribution in [0.4, 0.5) is 4.79 Å². The van der Waals surface area contributed by atoms with Crippen LogP contribution in [-0.4, -0.2) is 41.1 Å². The van der Waals surface area contributed by atoms with Crippen molar-refractivity contribution < 1.29 is 14.7 Å². The molecule has 5 heteroatoms. The fourth-order valence-electron chi connectivity index (χ4n) is 2.53. The van der Waals surface area contributed by atoms with Gasteiger partial charge in [-0.1, -0.05) is 19.4 Å². The lowest BCUT2D eigenvalue weighted by atomic mass is 9.75. The first-order valence-corrected chi connectivity index (χ1v) is 6.86. The van der Waals surface area contributed by atoms with E-state index in [0.29, 0.717) is 32.4 Å². The summed E-state index contributed by atoms with van der Waals surface area (Å²) in [6.45, 7) is 8.47. The first-order chi connectivity index (χ1) is 8.95. The van der Waals surface area contributed by atoms with Crippen molar-refractivity contribution in [3.8, 4) is 0 Å². The molecule has 0 aromatic rings. The summed E-state index contributed by atoms with van der Waals surface area (Å²) in [4.78, 5) is 25.1. The molecule has 1 rings (SSSR count). The molecule has 0 aliphatic carbocycles. The lowest BCUT2D eigenvalue weighted by Gasteiger charge is -2.39. The number of nitrogens with zero attached hydrogens (tertiary/aromatic N) is 1. The number of carbonyl (C=O) groups is 2. The molecule has 1 saturated heterocycles. The summed E-state index contributed by atoms with van der Waals surface area (Å²) in [5, 5.41) is 12.2. The number of aliphatic carboxylic acids is 1. The van der Waals surface area contributed by atoms with Gasteiger partial charge in [0.1, 0.15) is 0 Å². The molecule has 0 radical (unpaired) electrons. The summed E-state index contributed by atoms with van der Waals surface area (Å²) in [7, 11) is 0. The number of carbonyl (C=O) groups excluding carboxylic acids is 1. The Hall–Kier alpha value is -1.52. The van der Waals surface area contributed by atoms with E-state index in [-0.39, 0.29) is 12.1 Å². The molecule has 1 heterocycles.